The zero-order valence-corrected chi connectivity index (χ0v) is 7.06. The number of ether oxygens (including phenoxy) is 1. The Morgan fingerprint density at radius 1 is 1.70 bits per heavy atom. The molecule has 1 heterocycles. The number of rotatable bonds is 2. The van der Waals surface area contributed by atoms with Crippen LogP contribution in [0.5, 0.6) is 0 Å². The highest BCUT2D eigenvalue weighted by Crippen LogP contribution is 2.12. The van der Waals surface area contributed by atoms with E-state index in [4.69, 9.17) is 10.6 Å². The second-order valence-electron chi connectivity index (χ2n) is 2.49. The molecule has 0 amide bonds. The average Bonchev–Trinajstić information content (AvgIpc) is 2.18. The normalized spacial score (nSPS) is 26.4. The van der Waals surface area contributed by atoms with Crippen molar-refractivity contribution in [2.45, 2.75) is 18.9 Å². The molecule has 1 saturated heterocycles. The molecular formula is C6H15ClN2O. The van der Waals surface area contributed by atoms with E-state index in [-0.39, 0.29) is 12.4 Å². The smallest absolute Gasteiger partial charge is 0.0631 e. The molecule has 0 aromatic rings. The molecule has 4 heteroatoms. The topological polar surface area (TPSA) is 38.5 Å². The Bertz CT molecular complexity index is 91.8. The van der Waals surface area contributed by atoms with Gasteiger partial charge in [0.1, 0.15) is 0 Å². The third kappa shape index (κ3) is 2.42. The SMILES string of the molecule is COCC1CCCN1N.Cl. The van der Waals surface area contributed by atoms with Crippen LogP contribution in [0.4, 0.5) is 0 Å². The van der Waals surface area contributed by atoms with E-state index in [2.05, 4.69) is 0 Å². The van der Waals surface area contributed by atoms with Crippen LogP contribution in [0, 0.1) is 0 Å². The Hall–Kier alpha value is 0.170. The van der Waals surface area contributed by atoms with Crippen LogP contribution in [0.3, 0.4) is 0 Å². The van der Waals surface area contributed by atoms with E-state index in [0.29, 0.717) is 6.04 Å². The summed E-state index contributed by atoms with van der Waals surface area (Å²) in [6.07, 6.45) is 2.40. The first kappa shape index (κ1) is 10.2. The molecule has 1 aliphatic rings. The first-order chi connectivity index (χ1) is 4.34. The number of nitrogens with two attached hydrogens (primary N) is 1. The first-order valence-electron chi connectivity index (χ1n) is 3.35. The molecule has 0 radical (unpaired) electrons. The van der Waals surface area contributed by atoms with Crippen molar-refractivity contribution >= 4 is 12.4 Å². The van der Waals surface area contributed by atoms with Gasteiger partial charge in [-0.25, -0.2) is 5.01 Å². The summed E-state index contributed by atoms with van der Waals surface area (Å²) < 4.78 is 4.97. The van der Waals surface area contributed by atoms with Crippen LogP contribution < -0.4 is 5.84 Å². The fourth-order valence-corrected chi connectivity index (χ4v) is 1.23. The van der Waals surface area contributed by atoms with Gasteiger partial charge >= 0.3 is 0 Å². The lowest BCUT2D eigenvalue weighted by Gasteiger charge is -2.16. The van der Waals surface area contributed by atoms with E-state index in [0.717, 1.165) is 13.2 Å². The zero-order chi connectivity index (χ0) is 6.69. The van der Waals surface area contributed by atoms with Crippen molar-refractivity contribution in [1.29, 1.82) is 0 Å². The Balaban J connectivity index is 0.000000810. The molecule has 10 heavy (non-hydrogen) atoms. The number of nitrogens with zero attached hydrogens (tertiary/aromatic N) is 1. The molecule has 1 unspecified atom stereocenters. The standard InChI is InChI=1S/C6H14N2O.ClH/c1-9-5-6-3-2-4-8(6)7;/h6H,2-5,7H2,1H3;1H. The van der Waals surface area contributed by atoms with Gasteiger partial charge in [-0.2, -0.15) is 0 Å². The minimum Gasteiger partial charge on any atom is -0.383 e. The molecule has 2 N–H and O–H groups in total. The average molecular weight is 167 g/mol. The summed E-state index contributed by atoms with van der Waals surface area (Å²) in [4.78, 5) is 0. The summed E-state index contributed by atoms with van der Waals surface area (Å²) >= 11 is 0. The molecule has 1 aliphatic heterocycles. The number of methoxy groups -OCH3 is 1. The van der Waals surface area contributed by atoms with Crippen molar-refractivity contribution < 1.29 is 4.74 Å². The highest BCUT2D eigenvalue weighted by molar-refractivity contribution is 5.85. The molecule has 1 atom stereocenters. The van der Waals surface area contributed by atoms with Crippen LogP contribution in [0.1, 0.15) is 12.8 Å². The second-order valence-corrected chi connectivity index (χ2v) is 2.49. The van der Waals surface area contributed by atoms with Gasteiger partial charge < -0.3 is 4.74 Å². The van der Waals surface area contributed by atoms with Crippen molar-refractivity contribution in [1.82, 2.24) is 5.01 Å². The lowest BCUT2D eigenvalue weighted by Crippen LogP contribution is -2.38. The van der Waals surface area contributed by atoms with Crippen molar-refractivity contribution in [3.05, 3.63) is 0 Å². The summed E-state index contributed by atoms with van der Waals surface area (Å²) in [6.45, 7) is 1.80. The largest absolute Gasteiger partial charge is 0.383 e. The molecule has 3 nitrogen and oxygen atoms in total. The minimum atomic E-state index is 0. The third-order valence-corrected chi connectivity index (χ3v) is 1.78. The number of hydrogen-bond acceptors (Lipinski definition) is 3. The summed E-state index contributed by atoms with van der Waals surface area (Å²) in [7, 11) is 1.71. The van der Waals surface area contributed by atoms with E-state index < -0.39 is 0 Å². The van der Waals surface area contributed by atoms with E-state index in [1.54, 1.807) is 7.11 Å². The first-order valence-corrected chi connectivity index (χ1v) is 3.35. The Morgan fingerprint density at radius 3 is 2.80 bits per heavy atom. The van der Waals surface area contributed by atoms with Gasteiger partial charge in [-0.1, -0.05) is 0 Å². The van der Waals surface area contributed by atoms with E-state index in [1.165, 1.54) is 12.8 Å². The van der Waals surface area contributed by atoms with Gasteiger partial charge in [0, 0.05) is 19.7 Å². The van der Waals surface area contributed by atoms with Crippen LogP contribution >= 0.6 is 12.4 Å². The molecule has 0 aromatic heterocycles. The maximum absolute atomic E-state index is 5.62. The molecule has 0 aromatic carbocycles. The van der Waals surface area contributed by atoms with Gasteiger partial charge in [0.15, 0.2) is 0 Å². The van der Waals surface area contributed by atoms with Crippen LogP contribution in [0.25, 0.3) is 0 Å². The summed E-state index contributed by atoms with van der Waals surface area (Å²) in [5.41, 5.74) is 0. The number of hydrogen-bond donors (Lipinski definition) is 1. The molecule has 1 rings (SSSR count). The second kappa shape index (κ2) is 4.91. The maximum Gasteiger partial charge on any atom is 0.0631 e. The lowest BCUT2D eigenvalue weighted by molar-refractivity contribution is 0.116. The van der Waals surface area contributed by atoms with Crippen molar-refractivity contribution in [3.63, 3.8) is 0 Å². The Kier molecular flexibility index (Phi) is 4.99. The van der Waals surface area contributed by atoms with Crippen molar-refractivity contribution in [2.24, 2.45) is 5.84 Å². The molecule has 1 fully saturated rings. The monoisotopic (exact) mass is 166 g/mol. The van der Waals surface area contributed by atoms with Gasteiger partial charge in [-0.05, 0) is 12.8 Å². The Labute approximate surface area is 67.9 Å². The number of hydrazine groups is 1. The van der Waals surface area contributed by atoms with E-state index in [1.807, 2.05) is 5.01 Å². The van der Waals surface area contributed by atoms with Gasteiger partial charge in [-0.3, -0.25) is 5.84 Å². The fraction of sp³-hybridized carbons (Fsp3) is 1.00. The molecule has 0 aliphatic carbocycles. The highest BCUT2D eigenvalue weighted by Gasteiger charge is 2.20. The van der Waals surface area contributed by atoms with Crippen LogP contribution in [-0.2, 0) is 4.74 Å². The molecular weight excluding hydrogens is 152 g/mol. The fourth-order valence-electron chi connectivity index (χ4n) is 1.23. The van der Waals surface area contributed by atoms with Gasteiger partial charge in [0.2, 0.25) is 0 Å². The van der Waals surface area contributed by atoms with Gasteiger partial charge in [0.25, 0.3) is 0 Å². The highest BCUT2D eigenvalue weighted by atomic mass is 35.5. The summed E-state index contributed by atoms with van der Waals surface area (Å²) in [5, 5.41) is 1.86. The van der Waals surface area contributed by atoms with Crippen LogP contribution in [0.15, 0.2) is 0 Å². The Morgan fingerprint density at radius 2 is 2.40 bits per heavy atom. The molecule has 0 bridgehead atoms. The predicted molar refractivity (Wildman–Crippen MR) is 43.0 cm³/mol. The van der Waals surface area contributed by atoms with Crippen molar-refractivity contribution in [3.8, 4) is 0 Å². The molecule has 0 saturated carbocycles. The van der Waals surface area contributed by atoms with Crippen LogP contribution in [0.2, 0.25) is 0 Å². The summed E-state index contributed by atoms with van der Waals surface area (Å²) in [5.74, 6) is 5.62. The summed E-state index contributed by atoms with van der Waals surface area (Å²) in [6, 6.07) is 0.468. The van der Waals surface area contributed by atoms with Gasteiger partial charge in [-0.15, -0.1) is 12.4 Å². The predicted octanol–water partition coefficient (Wildman–Crippen LogP) is 0.393. The minimum absolute atomic E-state index is 0. The van der Waals surface area contributed by atoms with E-state index >= 15 is 0 Å². The number of halogens is 1. The zero-order valence-electron chi connectivity index (χ0n) is 6.25. The van der Waals surface area contributed by atoms with E-state index in [9.17, 15) is 0 Å². The van der Waals surface area contributed by atoms with Crippen molar-refractivity contribution in [2.75, 3.05) is 20.3 Å². The van der Waals surface area contributed by atoms with Gasteiger partial charge in [0.05, 0.1) is 6.61 Å². The van der Waals surface area contributed by atoms with Crippen LogP contribution in [-0.4, -0.2) is 31.3 Å². The quantitative estimate of drug-likeness (QED) is 0.604. The third-order valence-electron chi connectivity index (χ3n) is 1.78. The lowest BCUT2D eigenvalue weighted by atomic mass is 10.2. The molecule has 62 valence electrons. The molecule has 0 spiro atoms. The maximum atomic E-state index is 5.62.